The molecule has 0 spiro atoms. The number of carbonyl (C=O) groups is 1. The number of aryl methyl sites for hydroxylation is 1. The highest BCUT2D eigenvalue weighted by molar-refractivity contribution is 5.95. The SMILES string of the molecule is CCCN(CC(F)(F)F)C(=O)c1ccc(F)cc1C. The second kappa shape index (κ2) is 6.04. The average Bonchev–Trinajstić information content (AvgIpc) is 2.26. The van der Waals surface area contributed by atoms with Crippen molar-refractivity contribution in [1.82, 2.24) is 4.90 Å². The summed E-state index contributed by atoms with van der Waals surface area (Å²) in [5, 5.41) is 0. The van der Waals surface area contributed by atoms with Crippen molar-refractivity contribution in [2.24, 2.45) is 0 Å². The van der Waals surface area contributed by atoms with E-state index in [1.165, 1.54) is 13.0 Å². The quantitative estimate of drug-likeness (QED) is 0.771. The fraction of sp³-hybridized carbons (Fsp3) is 0.462. The average molecular weight is 277 g/mol. The van der Waals surface area contributed by atoms with Gasteiger partial charge in [-0.2, -0.15) is 13.2 Å². The van der Waals surface area contributed by atoms with Gasteiger partial charge in [0.15, 0.2) is 0 Å². The summed E-state index contributed by atoms with van der Waals surface area (Å²) < 4.78 is 50.2. The van der Waals surface area contributed by atoms with Crippen molar-refractivity contribution in [2.45, 2.75) is 26.4 Å². The van der Waals surface area contributed by atoms with Gasteiger partial charge in [-0.3, -0.25) is 4.79 Å². The van der Waals surface area contributed by atoms with Gasteiger partial charge in [0.1, 0.15) is 12.4 Å². The summed E-state index contributed by atoms with van der Waals surface area (Å²) in [6.07, 6.45) is -4.03. The first-order valence-electron chi connectivity index (χ1n) is 5.86. The van der Waals surface area contributed by atoms with E-state index in [2.05, 4.69) is 0 Å². The van der Waals surface area contributed by atoms with E-state index in [9.17, 15) is 22.4 Å². The maximum absolute atomic E-state index is 12.9. The van der Waals surface area contributed by atoms with E-state index in [-0.39, 0.29) is 12.1 Å². The summed E-state index contributed by atoms with van der Waals surface area (Å²) in [6, 6.07) is 3.41. The molecule has 0 unspecified atom stereocenters. The van der Waals surface area contributed by atoms with Crippen molar-refractivity contribution in [3.8, 4) is 0 Å². The molecule has 1 rings (SSSR count). The van der Waals surface area contributed by atoms with Crippen LogP contribution in [0.5, 0.6) is 0 Å². The second-order valence-corrected chi connectivity index (χ2v) is 4.30. The summed E-state index contributed by atoms with van der Waals surface area (Å²) in [5.41, 5.74) is 0.423. The third kappa shape index (κ3) is 4.54. The lowest BCUT2D eigenvalue weighted by atomic mass is 10.1. The van der Waals surface area contributed by atoms with Crippen molar-refractivity contribution in [3.63, 3.8) is 0 Å². The predicted octanol–water partition coefficient (Wildman–Crippen LogP) is 3.55. The molecule has 0 aliphatic heterocycles. The van der Waals surface area contributed by atoms with Gasteiger partial charge in [-0.1, -0.05) is 6.92 Å². The molecule has 0 fully saturated rings. The Morgan fingerprint density at radius 2 is 1.95 bits per heavy atom. The molecule has 0 aliphatic carbocycles. The van der Waals surface area contributed by atoms with Crippen LogP contribution in [0, 0.1) is 12.7 Å². The molecule has 0 atom stereocenters. The first kappa shape index (κ1) is 15.5. The van der Waals surface area contributed by atoms with E-state index >= 15 is 0 Å². The van der Waals surface area contributed by atoms with Crippen LogP contribution in [0.2, 0.25) is 0 Å². The van der Waals surface area contributed by atoms with Gasteiger partial charge in [-0.05, 0) is 37.1 Å². The Morgan fingerprint density at radius 3 is 2.42 bits per heavy atom. The monoisotopic (exact) mass is 277 g/mol. The third-order valence-electron chi connectivity index (χ3n) is 2.57. The number of benzene rings is 1. The Balaban J connectivity index is 2.99. The predicted molar refractivity (Wildman–Crippen MR) is 63.4 cm³/mol. The van der Waals surface area contributed by atoms with E-state index in [0.29, 0.717) is 12.0 Å². The largest absolute Gasteiger partial charge is 0.406 e. The molecule has 106 valence electrons. The molecule has 0 aromatic heterocycles. The standard InChI is InChI=1S/C13H15F4NO/c1-3-6-18(8-13(15,16)17)12(19)11-5-4-10(14)7-9(11)2/h4-5,7H,3,6,8H2,1-2H3. The van der Waals surface area contributed by atoms with Gasteiger partial charge in [0.05, 0.1) is 0 Å². The minimum absolute atomic E-state index is 0.00909. The molecule has 2 nitrogen and oxygen atoms in total. The van der Waals surface area contributed by atoms with Crippen molar-refractivity contribution in [3.05, 3.63) is 35.1 Å². The van der Waals surface area contributed by atoms with Crippen molar-refractivity contribution < 1.29 is 22.4 Å². The molecular weight excluding hydrogens is 262 g/mol. The lowest BCUT2D eigenvalue weighted by Crippen LogP contribution is -2.39. The van der Waals surface area contributed by atoms with Crippen LogP contribution < -0.4 is 0 Å². The van der Waals surface area contributed by atoms with Crippen LogP contribution in [-0.4, -0.2) is 30.1 Å². The molecule has 0 N–H and O–H groups in total. The van der Waals surface area contributed by atoms with E-state index in [4.69, 9.17) is 0 Å². The molecule has 0 saturated carbocycles. The summed E-state index contributed by atoms with van der Waals surface area (Å²) in [7, 11) is 0. The number of nitrogens with zero attached hydrogens (tertiary/aromatic N) is 1. The number of hydrogen-bond acceptors (Lipinski definition) is 1. The van der Waals surface area contributed by atoms with Crippen molar-refractivity contribution >= 4 is 5.91 Å². The second-order valence-electron chi connectivity index (χ2n) is 4.30. The molecule has 0 radical (unpaired) electrons. The third-order valence-corrected chi connectivity index (χ3v) is 2.57. The Labute approximate surface area is 109 Å². The van der Waals surface area contributed by atoms with Gasteiger partial charge in [0, 0.05) is 12.1 Å². The van der Waals surface area contributed by atoms with E-state index in [0.717, 1.165) is 17.0 Å². The topological polar surface area (TPSA) is 20.3 Å². The normalized spacial score (nSPS) is 11.5. The fourth-order valence-electron chi connectivity index (χ4n) is 1.78. The smallest absolute Gasteiger partial charge is 0.330 e. The fourth-order valence-corrected chi connectivity index (χ4v) is 1.78. The van der Waals surface area contributed by atoms with Crippen molar-refractivity contribution in [1.29, 1.82) is 0 Å². The maximum Gasteiger partial charge on any atom is 0.406 e. The molecule has 0 heterocycles. The summed E-state index contributed by atoms with van der Waals surface area (Å²) in [4.78, 5) is 12.8. The van der Waals surface area contributed by atoms with E-state index < -0.39 is 24.4 Å². The highest BCUT2D eigenvalue weighted by atomic mass is 19.4. The highest BCUT2D eigenvalue weighted by Gasteiger charge is 2.33. The molecule has 19 heavy (non-hydrogen) atoms. The zero-order chi connectivity index (χ0) is 14.6. The number of carbonyl (C=O) groups excluding carboxylic acids is 1. The van der Waals surface area contributed by atoms with Gasteiger partial charge >= 0.3 is 6.18 Å². The minimum Gasteiger partial charge on any atom is -0.330 e. The van der Waals surface area contributed by atoms with Crippen LogP contribution in [-0.2, 0) is 0 Å². The molecule has 0 saturated heterocycles. The first-order valence-corrected chi connectivity index (χ1v) is 5.86. The van der Waals surface area contributed by atoms with Crippen LogP contribution in [0.3, 0.4) is 0 Å². The Morgan fingerprint density at radius 1 is 1.32 bits per heavy atom. The molecule has 0 aliphatic rings. The minimum atomic E-state index is -4.45. The van der Waals surface area contributed by atoms with Gasteiger partial charge in [-0.15, -0.1) is 0 Å². The van der Waals surface area contributed by atoms with Crippen LogP contribution in [0.25, 0.3) is 0 Å². The zero-order valence-electron chi connectivity index (χ0n) is 10.7. The van der Waals surface area contributed by atoms with Gasteiger partial charge in [0.25, 0.3) is 5.91 Å². The number of alkyl halides is 3. The first-order chi connectivity index (χ1) is 8.74. The zero-order valence-corrected chi connectivity index (χ0v) is 10.7. The Kier molecular flexibility index (Phi) is 4.91. The van der Waals surface area contributed by atoms with Crippen molar-refractivity contribution in [2.75, 3.05) is 13.1 Å². The molecule has 0 bridgehead atoms. The van der Waals surface area contributed by atoms with Gasteiger partial charge in [-0.25, -0.2) is 4.39 Å². The molecular formula is C13H15F4NO. The Bertz CT molecular complexity index is 456. The van der Waals surface area contributed by atoms with Crippen LogP contribution in [0.4, 0.5) is 17.6 Å². The number of halogens is 4. The molecule has 6 heteroatoms. The lowest BCUT2D eigenvalue weighted by Gasteiger charge is -2.24. The summed E-state index contributed by atoms with van der Waals surface area (Å²) in [6.45, 7) is 1.90. The van der Waals surface area contributed by atoms with E-state index in [1.807, 2.05) is 0 Å². The number of hydrogen-bond donors (Lipinski definition) is 0. The maximum atomic E-state index is 12.9. The van der Waals surface area contributed by atoms with Crippen LogP contribution in [0.1, 0.15) is 29.3 Å². The Hall–Kier alpha value is -1.59. The van der Waals surface area contributed by atoms with Gasteiger partial charge in [0.2, 0.25) is 0 Å². The summed E-state index contributed by atoms with van der Waals surface area (Å²) in [5.74, 6) is -1.25. The van der Waals surface area contributed by atoms with Crippen LogP contribution >= 0.6 is 0 Å². The molecule has 1 aromatic carbocycles. The van der Waals surface area contributed by atoms with Gasteiger partial charge < -0.3 is 4.90 Å². The number of rotatable bonds is 4. The lowest BCUT2D eigenvalue weighted by molar-refractivity contribution is -0.140. The highest BCUT2D eigenvalue weighted by Crippen LogP contribution is 2.20. The van der Waals surface area contributed by atoms with Crippen LogP contribution in [0.15, 0.2) is 18.2 Å². The molecule has 1 amide bonds. The van der Waals surface area contributed by atoms with E-state index in [1.54, 1.807) is 6.92 Å². The molecule has 1 aromatic rings. The number of amides is 1. The summed E-state index contributed by atoms with van der Waals surface area (Å²) >= 11 is 0.